The minimum atomic E-state index is -0.981. The van der Waals surface area contributed by atoms with E-state index in [1.807, 2.05) is 0 Å². The van der Waals surface area contributed by atoms with Gasteiger partial charge in [0, 0.05) is 6.08 Å². The third-order valence-corrected chi connectivity index (χ3v) is 0.376. The molecule has 0 saturated carbocycles. The molecule has 4 nitrogen and oxygen atoms in total. The van der Waals surface area contributed by atoms with Gasteiger partial charge in [-0.2, -0.15) is 0 Å². The molecular weight excluding hydrogens is 157 g/mol. The summed E-state index contributed by atoms with van der Waals surface area (Å²) >= 11 is 0. The Labute approximate surface area is 88.5 Å². The van der Waals surface area contributed by atoms with Crippen LogP contribution in [0.4, 0.5) is 0 Å². The van der Waals surface area contributed by atoms with Crippen LogP contribution >= 0.6 is 0 Å². The molecule has 0 radical (unpaired) electrons. The quantitative estimate of drug-likeness (QED) is 0.340. The summed E-state index contributed by atoms with van der Waals surface area (Å²) in [5.41, 5.74) is 4.53. The van der Waals surface area contributed by atoms with Gasteiger partial charge in [-0.15, -0.1) is 0 Å². The average Bonchev–Trinajstić information content (AvgIpc) is 1.89. The van der Waals surface area contributed by atoms with Gasteiger partial charge in [0.05, 0.1) is 0 Å². The van der Waals surface area contributed by atoms with Crippen LogP contribution in [0.25, 0.3) is 0 Å². The summed E-state index contributed by atoms with van der Waals surface area (Å²) < 4.78 is 0. The average molecular weight is 167 g/mol. The summed E-state index contributed by atoms with van der Waals surface area (Å²) in [6.07, 6.45) is 1.89. The van der Waals surface area contributed by atoms with Crippen molar-refractivity contribution in [2.45, 2.75) is 0 Å². The van der Waals surface area contributed by atoms with Gasteiger partial charge >= 0.3 is 37.0 Å². The molecule has 0 aliphatic heterocycles. The van der Waals surface area contributed by atoms with Crippen molar-refractivity contribution >= 4 is 11.9 Å². The standard InChI is InChI=1S/C3H5NO.C3H4O2.Na/c2*1-2-3(4)5;/h2H,1H2,(H2,4,5);2H,1H2,(H,4,5);/q;;+1/p+1. The minimum absolute atomic E-state index is 0. The molecule has 0 heterocycles. The zero-order valence-electron chi connectivity index (χ0n) is 7.41. The van der Waals surface area contributed by atoms with Crippen molar-refractivity contribution in [3.63, 3.8) is 0 Å². The van der Waals surface area contributed by atoms with Crippen LogP contribution in [0.3, 0.4) is 0 Å². The molecule has 1 amide bonds. The molecular formula is C6H10NNaO3+2. The molecule has 0 aromatic rings. The van der Waals surface area contributed by atoms with Crippen molar-refractivity contribution in [2.75, 3.05) is 0 Å². The van der Waals surface area contributed by atoms with Gasteiger partial charge < -0.3 is 10.8 Å². The summed E-state index contributed by atoms with van der Waals surface area (Å²) in [6, 6.07) is 0. The van der Waals surface area contributed by atoms with Crippen LogP contribution in [0.1, 0.15) is 1.43 Å². The van der Waals surface area contributed by atoms with Crippen LogP contribution in [0.15, 0.2) is 25.3 Å². The van der Waals surface area contributed by atoms with Gasteiger partial charge in [-0.1, -0.05) is 13.2 Å². The third kappa shape index (κ3) is 44.3. The Kier molecular flexibility index (Phi) is 18.5. The maximum absolute atomic E-state index is 9.47. The van der Waals surface area contributed by atoms with E-state index in [-0.39, 0.29) is 31.0 Å². The molecule has 0 atom stereocenters. The number of carboxylic acid groups (broad SMARTS) is 1. The molecule has 0 fully saturated rings. The summed E-state index contributed by atoms with van der Waals surface area (Å²) in [4.78, 5) is 18.7. The van der Waals surface area contributed by atoms with Crippen molar-refractivity contribution in [1.29, 1.82) is 0 Å². The number of carboxylic acids is 1. The third-order valence-electron chi connectivity index (χ3n) is 0.376. The van der Waals surface area contributed by atoms with Crippen LogP contribution in [0.2, 0.25) is 0 Å². The predicted octanol–water partition coefficient (Wildman–Crippen LogP) is -2.97. The second kappa shape index (κ2) is 12.1. The van der Waals surface area contributed by atoms with E-state index in [0.717, 1.165) is 12.2 Å². The van der Waals surface area contributed by atoms with E-state index in [1.54, 1.807) is 0 Å². The number of hydrogen-bond acceptors (Lipinski definition) is 2. The van der Waals surface area contributed by atoms with Crippen molar-refractivity contribution < 1.29 is 45.7 Å². The van der Waals surface area contributed by atoms with Gasteiger partial charge in [0.2, 0.25) is 5.91 Å². The van der Waals surface area contributed by atoms with Gasteiger partial charge in [0.15, 0.2) is 0 Å². The molecule has 0 bridgehead atoms. The Balaban J connectivity index is -0.0000000457. The van der Waals surface area contributed by atoms with Crippen LogP contribution in [0, 0.1) is 0 Å². The summed E-state index contributed by atoms with van der Waals surface area (Å²) in [7, 11) is 0. The van der Waals surface area contributed by atoms with Crippen LogP contribution in [-0.2, 0) is 9.59 Å². The first-order chi connectivity index (χ1) is 4.54. The van der Waals surface area contributed by atoms with Crippen molar-refractivity contribution in [2.24, 2.45) is 5.73 Å². The smallest absolute Gasteiger partial charge is 0.478 e. The first-order valence-corrected chi connectivity index (χ1v) is 2.31. The van der Waals surface area contributed by atoms with E-state index in [2.05, 4.69) is 18.9 Å². The first kappa shape index (κ1) is 16.8. The zero-order valence-corrected chi connectivity index (χ0v) is 8.41. The number of carbonyl (C=O) groups excluding carboxylic acids is 1. The molecule has 3 N–H and O–H groups in total. The van der Waals surface area contributed by atoms with Gasteiger partial charge in [-0.3, -0.25) is 4.79 Å². The van der Waals surface area contributed by atoms with Gasteiger partial charge in [-0.05, 0) is 6.08 Å². The van der Waals surface area contributed by atoms with E-state index in [1.165, 1.54) is 0 Å². The Morgan fingerprint density at radius 3 is 1.55 bits per heavy atom. The van der Waals surface area contributed by atoms with Crippen LogP contribution in [0.5, 0.6) is 0 Å². The molecule has 0 unspecified atom stereocenters. The number of rotatable bonds is 2. The van der Waals surface area contributed by atoms with Crippen LogP contribution < -0.4 is 35.3 Å². The van der Waals surface area contributed by atoms with Gasteiger partial charge in [0.1, 0.15) is 0 Å². The van der Waals surface area contributed by atoms with Crippen molar-refractivity contribution in [3.8, 4) is 0 Å². The molecule has 0 saturated heterocycles. The largest absolute Gasteiger partial charge is 1.00 e. The molecule has 0 aliphatic rings. The fourth-order valence-electron chi connectivity index (χ4n) is 0. The normalized spacial score (nSPS) is 5.82. The molecule has 0 spiro atoms. The Morgan fingerprint density at radius 2 is 1.55 bits per heavy atom. The Morgan fingerprint density at radius 1 is 1.36 bits per heavy atom. The molecule has 0 aromatic heterocycles. The van der Waals surface area contributed by atoms with Crippen molar-refractivity contribution in [3.05, 3.63) is 25.3 Å². The van der Waals surface area contributed by atoms with E-state index in [9.17, 15) is 9.59 Å². The summed E-state index contributed by atoms with van der Waals surface area (Å²) in [6.45, 7) is 6.05. The maximum atomic E-state index is 9.47. The maximum Gasteiger partial charge on any atom is 1.00 e. The molecule has 56 valence electrons. The first-order valence-electron chi connectivity index (χ1n) is 2.31. The SMILES string of the molecule is C=CC(=O)O.C=CC(N)=O.[H+].[Na+]. The summed E-state index contributed by atoms with van der Waals surface area (Å²) in [5.74, 6) is -1.46. The molecule has 11 heavy (non-hydrogen) atoms. The number of nitrogens with two attached hydrogens (primary N) is 1. The molecule has 0 aromatic carbocycles. The zero-order chi connectivity index (χ0) is 8.57. The number of carbonyl (C=O) groups is 2. The number of primary amides is 1. The Hall–Kier alpha value is -0.580. The molecule has 0 aliphatic carbocycles. The fourth-order valence-corrected chi connectivity index (χ4v) is 0. The van der Waals surface area contributed by atoms with E-state index < -0.39 is 11.9 Å². The summed E-state index contributed by atoms with van der Waals surface area (Å²) in [5, 5.41) is 7.60. The van der Waals surface area contributed by atoms with Crippen molar-refractivity contribution in [1.82, 2.24) is 0 Å². The minimum Gasteiger partial charge on any atom is -0.478 e. The van der Waals surface area contributed by atoms with Crippen LogP contribution in [-0.4, -0.2) is 17.0 Å². The fraction of sp³-hybridized carbons (Fsp3) is 0. The second-order valence-electron chi connectivity index (χ2n) is 1.15. The molecule has 5 heteroatoms. The van der Waals surface area contributed by atoms with E-state index in [4.69, 9.17) is 5.11 Å². The van der Waals surface area contributed by atoms with E-state index in [0.29, 0.717) is 0 Å². The number of hydrogen-bond donors (Lipinski definition) is 2. The van der Waals surface area contributed by atoms with Gasteiger partial charge in [-0.25, -0.2) is 4.79 Å². The molecule has 0 rings (SSSR count). The van der Waals surface area contributed by atoms with Gasteiger partial charge in [0.25, 0.3) is 0 Å². The topological polar surface area (TPSA) is 80.4 Å². The predicted molar refractivity (Wildman–Crippen MR) is 38.3 cm³/mol. The van der Waals surface area contributed by atoms with E-state index >= 15 is 0 Å². The Bertz CT molecular complexity index is 143. The second-order valence-corrected chi connectivity index (χ2v) is 1.15. The number of aliphatic carboxylic acids is 1. The number of amides is 1. The monoisotopic (exact) mass is 167 g/mol.